The van der Waals surface area contributed by atoms with Crippen molar-refractivity contribution in [3.8, 4) is 56.2 Å². The van der Waals surface area contributed by atoms with E-state index in [2.05, 4.69) is 188 Å². The van der Waals surface area contributed by atoms with Crippen molar-refractivity contribution in [2.24, 2.45) is 0 Å². The second-order valence-electron chi connectivity index (χ2n) is 14.8. The van der Waals surface area contributed by atoms with Crippen molar-refractivity contribution >= 4 is 32.3 Å². The highest BCUT2D eigenvalue weighted by Gasteiger charge is 2.52. The van der Waals surface area contributed by atoms with E-state index >= 15 is 0 Å². The molecule has 0 aliphatic heterocycles. The van der Waals surface area contributed by atoms with Gasteiger partial charge in [-0.05, 0) is 95.0 Å². The van der Waals surface area contributed by atoms with Crippen LogP contribution in [0.1, 0.15) is 22.3 Å². The molecule has 55 heavy (non-hydrogen) atoms. The summed E-state index contributed by atoms with van der Waals surface area (Å²) in [4.78, 5) is 10.5. The molecular formula is C53H32N2. The third-order valence-corrected chi connectivity index (χ3v) is 12.1. The van der Waals surface area contributed by atoms with Gasteiger partial charge in [-0.2, -0.15) is 0 Å². The molecule has 254 valence electrons. The topological polar surface area (TPSA) is 25.8 Å². The number of aromatic nitrogens is 2. The lowest BCUT2D eigenvalue weighted by atomic mass is 9.70. The molecule has 0 N–H and O–H groups in total. The van der Waals surface area contributed by atoms with Crippen LogP contribution in [-0.2, 0) is 5.41 Å². The lowest BCUT2D eigenvalue weighted by Gasteiger charge is -2.31. The minimum Gasteiger partial charge on any atom is -0.228 e. The van der Waals surface area contributed by atoms with Crippen LogP contribution in [0.2, 0.25) is 0 Å². The first-order valence-corrected chi connectivity index (χ1v) is 19.0. The van der Waals surface area contributed by atoms with Crippen molar-refractivity contribution < 1.29 is 0 Å². The molecule has 1 aromatic heterocycles. The Kier molecular flexibility index (Phi) is 6.29. The zero-order valence-corrected chi connectivity index (χ0v) is 29.9. The lowest BCUT2D eigenvalue weighted by molar-refractivity contribution is 0.795. The zero-order valence-electron chi connectivity index (χ0n) is 29.9. The van der Waals surface area contributed by atoms with Gasteiger partial charge in [0.1, 0.15) is 0 Å². The minimum absolute atomic E-state index is 0.508. The van der Waals surface area contributed by atoms with Crippen LogP contribution in [0.4, 0.5) is 0 Å². The van der Waals surface area contributed by atoms with Crippen molar-refractivity contribution in [2.45, 2.75) is 5.41 Å². The fraction of sp³-hybridized carbons (Fsp3) is 0.0189. The minimum atomic E-state index is -0.508. The van der Waals surface area contributed by atoms with E-state index in [0.29, 0.717) is 0 Å². The maximum Gasteiger partial charge on any atom is 0.160 e. The van der Waals surface area contributed by atoms with Crippen LogP contribution >= 0.6 is 0 Å². The standard InChI is InChI=1S/C53H32N2/c1-3-16-33(17-4-1)49-32-50(55-52(54-49)34-18-5-2-6-19-34)41-26-15-29-47-51(41)40-25-12-14-28-46(40)53(47)45-27-13-11-24-39(45)44-30-42-37-22-9-7-20-35(37)36-21-8-10-23-38(36)43(42)31-48(44)53/h1-32H. The molecule has 1 unspecified atom stereocenters. The molecule has 0 amide bonds. The molecule has 2 heteroatoms. The van der Waals surface area contributed by atoms with Crippen LogP contribution < -0.4 is 0 Å². The van der Waals surface area contributed by atoms with Crippen molar-refractivity contribution in [3.63, 3.8) is 0 Å². The Morgan fingerprint density at radius 1 is 0.291 bits per heavy atom. The zero-order chi connectivity index (χ0) is 36.1. The third kappa shape index (κ3) is 4.14. The molecule has 10 aromatic rings. The van der Waals surface area contributed by atoms with Crippen LogP contribution in [0, 0.1) is 0 Å². The molecule has 0 radical (unpaired) electrons. The highest BCUT2D eigenvalue weighted by molar-refractivity contribution is 6.26. The van der Waals surface area contributed by atoms with E-state index in [1.165, 1.54) is 76.8 Å². The summed E-state index contributed by atoms with van der Waals surface area (Å²) < 4.78 is 0. The van der Waals surface area contributed by atoms with Gasteiger partial charge in [-0.25, -0.2) is 9.97 Å². The van der Waals surface area contributed by atoms with Crippen molar-refractivity contribution in [1.29, 1.82) is 0 Å². The highest BCUT2D eigenvalue weighted by Crippen LogP contribution is 2.64. The van der Waals surface area contributed by atoms with Crippen LogP contribution in [-0.4, -0.2) is 9.97 Å². The Labute approximate surface area is 319 Å². The molecular weight excluding hydrogens is 665 g/mol. The largest absolute Gasteiger partial charge is 0.228 e. The summed E-state index contributed by atoms with van der Waals surface area (Å²) in [5, 5.41) is 7.74. The monoisotopic (exact) mass is 696 g/mol. The van der Waals surface area contributed by atoms with E-state index in [1.54, 1.807) is 0 Å². The van der Waals surface area contributed by atoms with E-state index in [4.69, 9.17) is 9.97 Å². The number of benzene rings is 9. The molecule has 9 aromatic carbocycles. The van der Waals surface area contributed by atoms with Gasteiger partial charge >= 0.3 is 0 Å². The predicted octanol–water partition coefficient (Wildman–Crippen LogP) is 13.3. The number of hydrogen-bond acceptors (Lipinski definition) is 2. The van der Waals surface area contributed by atoms with Crippen LogP contribution in [0.3, 0.4) is 0 Å². The van der Waals surface area contributed by atoms with Crippen molar-refractivity contribution in [1.82, 2.24) is 9.97 Å². The summed E-state index contributed by atoms with van der Waals surface area (Å²) in [6.45, 7) is 0. The van der Waals surface area contributed by atoms with Crippen molar-refractivity contribution in [2.75, 3.05) is 0 Å². The normalized spacial score (nSPS) is 15.0. The first-order chi connectivity index (χ1) is 27.3. The number of rotatable bonds is 3. The van der Waals surface area contributed by atoms with Gasteiger partial charge in [-0.1, -0.05) is 176 Å². The first kappa shape index (κ1) is 30.3. The van der Waals surface area contributed by atoms with Crippen LogP contribution in [0.25, 0.3) is 88.5 Å². The molecule has 1 heterocycles. The Balaban J connectivity index is 1.19. The van der Waals surface area contributed by atoms with Crippen molar-refractivity contribution in [3.05, 3.63) is 216 Å². The molecule has 1 spiro atoms. The number of nitrogens with zero attached hydrogens (tertiary/aromatic N) is 2. The second kappa shape index (κ2) is 11.4. The smallest absolute Gasteiger partial charge is 0.160 e. The SMILES string of the molecule is c1ccc(-c2cc(-c3cccc4c3-c3ccccc3C43c4ccccc4-c4cc5c6ccccc6c6ccccc6c5cc43)nc(-c3ccccc3)n2)cc1. The van der Waals surface area contributed by atoms with E-state index in [0.717, 1.165) is 33.9 Å². The molecule has 2 aliphatic carbocycles. The Hall–Kier alpha value is -7.16. The van der Waals surface area contributed by atoms with Gasteiger partial charge in [0.2, 0.25) is 0 Å². The Morgan fingerprint density at radius 3 is 1.47 bits per heavy atom. The van der Waals surface area contributed by atoms with E-state index in [9.17, 15) is 0 Å². The molecule has 1 atom stereocenters. The fourth-order valence-electron chi connectivity index (χ4n) is 9.85. The van der Waals surface area contributed by atoms with Gasteiger partial charge in [-0.3, -0.25) is 0 Å². The predicted molar refractivity (Wildman–Crippen MR) is 227 cm³/mol. The molecule has 0 saturated heterocycles. The van der Waals surface area contributed by atoms with Gasteiger partial charge in [0.05, 0.1) is 16.8 Å². The summed E-state index contributed by atoms with van der Waals surface area (Å²) in [7, 11) is 0. The maximum absolute atomic E-state index is 5.35. The molecule has 2 nitrogen and oxygen atoms in total. The van der Waals surface area contributed by atoms with E-state index in [-0.39, 0.29) is 0 Å². The quantitative estimate of drug-likeness (QED) is 0.172. The Bertz CT molecular complexity index is 3140. The van der Waals surface area contributed by atoms with E-state index < -0.39 is 5.41 Å². The second-order valence-corrected chi connectivity index (χ2v) is 14.8. The van der Waals surface area contributed by atoms with Crippen LogP contribution in [0.5, 0.6) is 0 Å². The molecule has 0 saturated carbocycles. The number of hydrogen-bond donors (Lipinski definition) is 0. The van der Waals surface area contributed by atoms with Gasteiger partial charge in [-0.15, -0.1) is 0 Å². The lowest BCUT2D eigenvalue weighted by Crippen LogP contribution is -2.25. The first-order valence-electron chi connectivity index (χ1n) is 19.0. The third-order valence-electron chi connectivity index (χ3n) is 12.1. The summed E-state index contributed by atoms with van der Waals surface area (Å²) >= 11 is 0. The average Bonchev–Trinajstić information content (AvgIpc) is 3.73. The molecule has 0 fully saturated rings. The van der Waals surface area contributed by atoms with Gasteiger partial charge in [0.15, 0.2) is 5.82 Å². The fourth-order valence-corrected chi connectivity index (χ4v) is 9.85. The van der Waals surface area contributed by atoms with E-state index in [1.807, 2.05) is 6.07 Å². The molecule has 0 bridgehead atoms. The summed E-state index contributed by atoms with van der Waals surface area (Å²) in [5.41, 5.74) is 14.9. The highest BCUT2D eigenvalue weighted by atomic mass is 14.9. The Morgan fingerprint density at radius 2 is 0.782 bits per heavy atom. The van der Waals surface area contributed by atoms with Gasteiger partial charge < -0.3 is 0 Å². The average molecular weight is 697 g/mol. The summed E-state index contributed by atoms with van der Waals surface area (Å²) in [5.74, 6) is 0.720. The van der Waals surface area contributed by atoms with Gasteiger partial charge in [0, 0.05) is 16.7 Å². The summed E-state index contributed by atoms with van der Waals surface area (Å²) in [6, 6.07) is 70.8. The number of fused-ring (bicyclic) bond motifs is 16. The summed E-state index contributed by atoms with van der Waals surface area (Å²) in [6.07, 6.45) is 0. The van der Waals surface area contributed by atoms with Crippen LogP contribution in [0.15, 0.2) is 194 Å². The maximum atomic E-state index is 5.35. The molecule has 12 rings (SSSR count). The molecule has 2 aliphatic rings. The van der Waals surface area contributed by atoms with Gasteiger partial charge in [0.25, 0.3) is 0 Å².